The van der Waals surface area contributed by atoms with Crippen LogP contribution in [0.4, 0.5) is 4.39 Å². The number of para-hydroxylation sites is 1. The van der Waals surface area contributed by atoms with Gasteiger partial charge in [0, 0.05) is 0 Å². The molecule has 17 heavy (non-hydrogen) atoms. The standard InChI is InChI=1S/C12H14FNO3/c1-12(16)7-14(8-12)11(15)6-17-10-5-3-2-4-9(10)13/h2-5,16H,6-8H2,1H3. The highest BCUT2D eigenvalue weighted by Crippen LogP contribution is 2.20. The molecular formula is C12H14FNO3. The lowest BCUT2D eigenvalue weighted by Gasteiger charge is -2.43. The minimum absolute atomic E-state index is 0.0631. The maximum Gasteiger partial charge on any atom is 0.260 e. The topological polar surface area (TPSA) is 49.8 Å². The van der Waals surface area contributed by atoms with E-state index in [2.05, 4.69) is 0 Å². The quantitative estimate of drug-likeness (QED) is 0.848. The lowest BCUT2D eigenvalue weighted by Crippen LogP contribution is -2.62. The number of β-amino-alcohol motifs (C(OH)–C–C–N with tert-alkyl or cyclic N) is 1. The number of aliphatic hydroxyl groups is 1. The molecule has 1 amide bonds. The number of carbonyl (C=O) groups is 1. The van der Waals surface area contributed by atoms with Crippen molar-refractivity contribution in [1.29, 1.82) is 0 Å². The van der Waals surface area contributed by atoms with Crippen LogP contribution in [0.3, 0.4) is 0 Å². The van der Waals surface area contributed by atoms with Crippen LogP contribution in [0.5, 0.6) is 5.75 Å². The molecule has 1 aromatic rings. The Morgan fingerprint density at radius 1 is 1.53 bits per heavy atom. The predicted octanol–water partition coefficient (Wildman–Crippen LogP) is 0.798. The first-order chi connectivity index (χ1) is 7.98. The Kier molecular flexibility index (Phi) is 3.02. The summed E-state index contributed by atoms with van der Waals surface area (Å²) < 4.78 is 18.2. The minimum atomic E-state index is -0.798. The fraction of sp³-hybridized carbons (Fsp3) is 0.417. The van der Waals surface area contributed by atoms with Crippen molar-refractivity contribution in [3.8, 4) is 5.75 Å². The lowest BCUT2D eigenvalue weighted by atomic mass is 9.97. The molecule has 0 radical (unpaired) electrons. The molecule has 1 aliphatic heterocycles. The molecule has 92 valence electrons. The van der Waals surface area contributed by atoms with Crippen LogP contribution in [-0.2, 0) is 4.79 Å². The van der Waals surface area contributed by atoms with Crippen molar-refractivity contribution >= 4 is 5.91 Å². The van der Waals surface area contributed by atoms with Crippen LogP contribution in [0.1, 0.15) is 6.92 Å². The van der Waals surface area contributed by atoms with Crippen LogP contribution in [-0.4, -0.2) is 41.2 Å². The van der Waals surface area contributed by atoms with Gasteiger partial charge in [-0.2, -0.15) is 0 Å². The summed E-state index contributed by atoms with van der Waals surface area (Å²) in [5.41, 5.74) is -0.798. The predicted molar refractivity (Wildman–Crippen MR) is 59.1 cm³/mol. The molecule has 1 N–H and O–H groups in total. The second-order valence-corrected chi connectivity index (χ2v) is 4.47. The van der Waals surface area contributed by atoms with Gasteiger partial charge in [0.1, 0.15) is 0 Å². The molecule has 0 spiro atoms. The Balaban J connectivity index is 1.83. The van der Waals surface area contributed by atoms with Gasteiger partial charge in [0.25, 0.3) is 5.91 Å². The average Bonchev–Trinajstić information content (AvgIpc) is 2.24. The van der Waals surface area contributed by atoms with Gasteiger partial charge >= 0.3 is 0 Å². The van der Waals surface area contributed by atoms with E-state index in [1.165, 1.54) is 17.0 Å². The smallest absolute Gasteiger partial charge is 0.260 e. The summed E-state index contributed by atoms with van der Waals surface area (Å²) in [4.78, 5) is 13.0. The number of rotatable bonds is 3. The summed E-state index contributed by atoms with van der Waals surface area (Å²) in [6.07, 6.45) is 0. The van der Waals surface area contributed by atoms with E-state index in [-0.39, 0.29) is 18.3 Å². The Morgan fingerprint density at radius 2 is 2.18 bits per heavy atom. The van der Waals surface area contributed by atoms with Crippen LogP contribution >= 0.6 is 0 Å². The second kappa shape index (κ2) is 4.33. The number of carbonyl (C=O) groups excluding carboxylic acids is 1. The monoisotopic (exact) mass is 239 g/mol. The molecule has 1 aromatic carbocycles. The van der Waals surface area contributed by atoms with Crippen molar-refractivity contribution in [2.45, 2.75) is 12.5 Å². The molecule has 0 atom stereocenters. The molecular weight excluding hydrogens is 225 g/mol. The first-order valence-electron chi connectivity index (χ1n) is 5.35. The first kappa shape index (κ1) is 11.9. The Hall–Kier alpha value is -1.62. The fourth-order valence-corrected chi connectivity index (χ4v) is 1.74. The third-order valence-corrected chi connectivity index (χ3v) is 2.60. The third kappa shape index (κ3) is 2.74. The average molecular weight is 239 g/mol. The van der Waals surface area contributed by atoms with Gasteiger partial charge in [-0.1, -0.05) is 12.1 Å². The molecule has 0 bridgehead atoms. The number of benzene rings is 1. The third-order valence-electron chi connectivity index (χ3n) is 2.60. The van der Waals surface area contributed by atoms with Gasteiger partial charge in [-0.05, 0) is 19.1 Å². The van der Waals surface area contributed by atoms with Crippen molar-refractivity contribution in [3.63, 3.8) is 0 Å². The SMILES string of the molecule is CC1(O)CN(C(=O)COc2ccccc2F)C1. The summed E-state index contributed by atoms with van der Waals surface area (Å²) in [6, 6.07) is 5.93. The van der Waals surface area contributed by atoms with E-state index in [1.807, 2.05) is 0 Å². The maximum atomic E-state index is 13.2. The van der Waals surface area contributed by atoms with Crippen molar-refractivity contribution in [2.75, 3.05) is 19.7 Å². The zero-order valence-electron chi connectivity index (χ0n) is 9.52. The molecule has 1 heterocycles. The summed E-state index contributed by atoms with van der Waals surface area (Å²) >= 11 is 0. The van der Waals surface area contributed by atoms with E-state index in [0.29, 0.717) is 13.1 Å². The van der Waals surface area contributed by atoms with Crippen molar-refractivity contribution in [3.05, 3.63) is 30.1 Å². The zero-order valence-corrected chi connectivity index (χ0v) is 9.52. The molecule has 1 saturated heterocycles. The van der Waals surface area contributed by atoms with Crippen LogP contribution in [0.15, 0.2) is 24.3 Å². The normalized spacial score (nSPS) is 17.5. The van der Waals surface area contributed by atoms with E-state index in [1.54, 1.807) is 19.1 Å². The van der Waals surface area contributed by atoms with E-state index in [0.717, 1.165) is 0 Å². The molecule has 1 aliphatic rings. The highest BCUT2D eigenvalue weighted by Gasteiger charge is 2.39. The van der Waals surface area contributed by atoms with Gasteiger partial charge in [0.15, 0.2) is 18.2 Å². The van der Waals surface area contributed by atoms with Gasteiger partial charge in [-0.15, -0.1) is 0 Å². The Bertz CT molecular complexity index is 426. The summed E-state index contributed by atoms with van der Waals surface area (Å²) in [5, 5.41) is 9.47. The van der Waals surface area contributed by atoms with E-state index in [4.69, 9.17) is 4.74 Å². The Labute approximate surface area is 98.6 Å². The van der Waals surface area contributed by atoms with Gasteiger partial charge in [0.05, 0.1) is 18.7 Å². The number of amides is 1. The highest BCUT2D eigenvalue weighted by atomic mass is 19.1. The summed E-state index contributed by atoms with van der Waals surface area (Å²) in [5.74, 6) is -0.677. The summed E-state index contributed by atoms with van der Waals surface area (Å²) in [6.45, 7) is 2.05. The largest absolute Gasteiger partial charge is 0.481 e. The lowest BCUT2D eigenvalue weighted by molar-refractivity contribution is -0.154. The van der Waals surface area contributed by atoms with E-state index >= 15 is 0 Å². The number of hydrogen-bond donors (Lipinski definition) is 1. The first-order valence-corrected chi connectivity index (χ1v) is 5.35. The number of nitrogens with zero attached hydrogens (tertiary/aromatic N) is 1. The van der Waals surface area contributed by atoms with Gasteiger partial charge < -0.3 is 14.7 Å². The number of halogens is 1. The van der Waals surface area contributed by atoms with Gasteiger partial charge in [-0.25, -0.2) is 4.39 Å². The molecule has 1 fully saturated rings. The number of ether oxygens (including phenoxy) is 1. The molecule has 2 rings (SSSR count). The minimum Gasteiger partial charge on any atom is -0.481 e. The molecule has 0 aliphatic carbocycles. The van der Waals surface area contributed by atoms with Crippen LogP contribution in [0.25, 0.3) is 0 Å². The highest BCUT2D eigenvalue weighted by molar-refractivity contribution is 5.78. The van der Waals surface area contributed by atoms with Gasteiger partial charge in [-0.3, -0.25) is 4.79 Å². The van der Waals surface area contributed by atoms with Crippen LogP contribution < -0.4 is 4.74 Å². The molecule has 0 aromatic heterocycles. The van der Waals surface area contributed by atoms with E-state index < -0.39 is 11.4 Å². The number of likely N-dealkylation sites (tertiary alicyclic amines) is 1. The fourth-order valence-electron chi connectivity index (χ4n) is 1.74. The number of hydrogen-bond acceptors (Lipinski definition) is 3. The summed E-state index contributed by atoms with van der Waals surface area (Å²) in [7, 11) is 0. The molecule has 4 nitrogen and oxygen atoms in total. The van der Waals surface area contributed by atoms with Gasteiger partial charge in [0.2, 0.25) is 0 Å². The maximum absolute atomic E-state index is 13.2. The van der Waals surface area contributed by atoms with Crippen molar-refractivity contribution < 1.29 is 19.0 Å². The molecule has 5 heteroatoms. The van der Waals surface area contributed by atoms with Crippen LogP contribution in [0.2, 0.25) is 0 Å². The second-order valence-electron chi connectivity index (χ2n) is 4.47. The zero-order chi connectivity index (χ0) is 12.5. The molecule has 0 saturated carbocycles. The van der Waals surface area contributed by atoms with E-state index in [9.17, 15) is 14.3 Å². The molecule has 0 unspecified atom stereocenters. The van der Waals surface area contributed by atoms with Crippen molar-refractivity contribution in [1.82, 2.24) is 4.90 Å². The van der Waals surface area contributed by atoms with Crippen molar-refractivity contribution in [2.24, 2.45) is 0 Å². The Morgan fingerprint density at radius 3 is 2.76 bits per heavy atom. The van der Waals surface area contributed by atoms with Crippen LogP contribution in [0, 0.1) is 5.82 Å².